The SMILES string of the molecule is Cc1nn(C)c(C)c1CC(=O)N(C)CC(C)O. The number of carbonyl (C=O) groups excluding carboxylic acids is 1. The van der Waals surface area contributed by atoms with Gasteiger partial charge in [0.1, 0.15) is 0 Å². The second-order valence-corrected chi connectivity index (χ2v) is 4.57. The minimum Gasteiger partial charge on any atom is -0.392 e. The fourth-order valence-electron chi connectivity index (χ4n) is 1.86. The van der Waals surface area contributed by atoms with Gasteiger partial charge in [-0.1, -0.05) is 0 Å². The second-order valence-electron chi connectivity index (χ2n) is 4.57. The monoisotopic (exact) mass is 239 g/mol. The molecule has 1 unspecified atom stereocenters. The van der Waals surface area contributed by atoms with Crippen molar-refractivity contribution in [3.8, 4) is 0 Å². The standard InChI is InChI=1S/C12H21N3O2/c1-8(16)7-14(4)12(17)6-11-9(2)13-15(5)10(11)3/h8,16H,6-7H2,1-5H3. The molecule has 0 aromatic carbocycles. The van der Waals surface area contributed by atoms with E-state index in [1.54, 1.807) is 23.6 Å². The second kappa shape index (κ2) is 5.31. The Labute approximate surface area is 102 Å². The van der Waals surface area contributed by atoms with Gasteiger partial charge in [0.15, 0.2) is 0 Å². The lowest BCUT2D eigenvalue weighted by Crippen LogP contribution is -2.34. The first-order valence-electron chi connectivity index (χ1n) is 5.74. The molecule has 0 fully saturated rings. The summed E-state index contributed by atoms with van der Waals surface area (Å²) in [4.78, 5) is 13.5. The van der Waals surface area contributed by atoms with Crippen molar-refractivity contribution in [2.45, 2.75) is 33.3 Å². The van der Waals surface area contributed by atoms with E-state index < -0.39 is 6.10 Å². The Balaban J connectivity index is 2.74. The maximum atomic E-state index is 11.9. The number of aromatic nitrogens is 2. The predicted molar refractivity (Wildman–Crippen MR) is 65.7 cm³/mol. The van der Waals surface area contributed by atoms with E-state index in [9.17, 15) is 9.90 Å². The van der Waals surface area contributed by atoms with Gasteiger partial charge in [-0.2, -0.15) is 5.10 Å². The van der Waals surface area contributed by atoms with Gasteiger partial charge in [-0.25, -0.2) is 0 Å². The van der Waals surface area contributed by atoms with Crippen molar-refractivity contribution < 1.29 is 9.90 Å². The van der Waals surface area contributed by atoms with Gasteiger partial charge in [0.05, 0.1) is 18.2 Å². The van der Waals surface area contributed by atoms with Crippen molar-refractivity contribution >= 4 is 5.91 Å². The van der Waals surface area contributed by atoms with E-state index in [1.807, 2.05) is 20.9 Å². The molecule has 0 radical (unpaired) electrons. The molecule has 0 bridgehead atoms. The van der Waals surface area contributed by atoms with Crippen molar-refractivity contribution in [3.05, 3.63) is 17.0 Å². The van der Waals surface area contributed by atoms with E-state index in [0.717, 1.165) is 17.0 Å². The molecule has 0 aliphatic rings. The van der Waals surface area contributed by atoms with E-state index >= 15 is 0 Å². The molecule has 0 saturated carbocycles. The third-order valence-electron chi connectivity index (χ3n) is 2.95. The summed E-state index contributed by atoms with van der Waals surface area (Å²) in [5, 5.41) is 13.5. The highest BCUT2D eigenvalue weighted by atomic mass is 16.3. The average molecular weight is 239 g/mol. The van der Waals surface area contributed by atoms with Crippen LogP contribution in [-0.4, -0.2) is 45.4 Å². The molecule has 1 rings (SSSR count). The molecule has 1 amide bonds. The van der Waals surface area contributed by atoms with Crippen molar-refractivity contribution in [2.24, 2.45) is 7.05 Å². The molecule has 1 atom stereocenters. The number of hydrogen-bond acceptors (Lipinski definition) is 3. The molecule has 0 aliphatic carbocycles. The third-order valence-corrected chi connectivity index (χ3v) is 2.95. The van der Waals surface area contributed by atoms with Gasteiger partial charge in [-0.3, -0.25) is 9.48 Å². The molecule has 0 aliphatic heterocycles. The number of aliphatic hydroxyl groups excluding tert-OH is 1. The Morgan fingerprint density at radius 3 is 2.53 bits per heavy atom. The van der Waals surface area contributed by atoms with Crippen LogP contribution >= 0.6 is 0 Å². The molecule has 1 aromatic rings. The summed E-state index contributed by atoms with van der Waals surface area (Å²) in [5.41, 5.74) is 2.89. The summed E-state index contributed by atoms with van der Waals surface area (Å²) in [6.45, 7) is 5.89. The van der Waals surface area contributed by atoms with Crippen molar-refractivity contribution in [1.29, 1.82) is 0 Å². The van der Waals surface area contributed by atoms with Crippen LogP contribution in [0.25, 0.3) is 0 Å². The Morgan fingerprint density at radius 1 is 1.53 bits per heavy atom. The Bertz CT molecular complexity index is 410. The first-order valence-corrected chi connectivity index (χ1v) is 5.74. The normalized spacial score (nSPS) is 12.6. The van der Waals surface area contributed by atoms with Crippen LogP contribution in [0.3, 0.4) is 0 Å². The van der Waals surface area contributed by atoms with E-state index in [0.29, 0.717) is 13.0 Å². The zero-order valence-electron chi connectivity index (χ0n) is 11.2. The minimum atomic E-state index is -0.500. The molecule has 96 valence electrons. The molecule has 5 heteroatoms. The largest absolute Gasteiger partial charge is 0.392 e. The first-order chi connectivity index (χ1) is 7.82. The number of amides is 1. The molecular weight excluding hydrogens is 218 g/mol. The molecule has 1 aromatic heterocycles. The lowest BCUT2D eigenvalue weighted by atomic mass is 10.1. The maximum absolute atomic E-state index is 11.9. The number of hydrogen-bond donors (Lipinski definition) is 1. The molecule has 17 heavy (non-hydrogen) atoms. The summed E-state index contributed by atoms with van der Waals surface area (Å²) >= 11 is 0. The number of nitrogens with zero attached hydrogens (tertiary/aromatic N) is 3. The quantitative estimate of drug-likeness (QED) is 0.828. The molecule has 1 N–H and O–H groups in total. The highest BCUT2D eigenvalue weighted by molar-refractivity contribution is 5.79. The van der Waals surface area contributed by atoms with E-state index in [1.165, 1.54) is 0 Å². The van der Waals surface area contributed by atoms with Gasteiger partial charge in [0, 0.05) is 31.9 Å². The van der Waals surface area contributed by atoms with E-state index in [4.69, 9.17) is 0 Å². The zero-order chi connectivity index (χ0) is 13.2. The van der Waals surface area contributed by atoms with Crippen LogP contribution in [0.1, 0.15) is 23.9 Å². The average Bonchev–Trinajstić information content (AvgIpc) is 2.44. The Hall–Kier alpha value is -1.36. The fourth-order valence-corrected chi connectivity index (χ4v) is 1.86. The Morgan fingerprint density at radius 2 is 2.12 bits per heavy atom. The van der Waals surface area contributed by atoms with Gasteiger partial charge < -0.3 is 10.0 Å². The molecular formula is C12H21N3O2. The van der Waals surface area contributed by atoms with Gasteiger partial charge in [0.2, 0.25) is 5.91 Å². The molecule has 0 spiro atoms. The third kappa shape index (κ3) is 3.30. The first kappa shape index (κ1) is 13.7. The minimum absolute atomic E-state index is 0.00472. The van der Waals surface area contributed by atoms with Crippen LogP contribution in [0.4, 0.5) is 0 Å². The van der Waals surface area contributed by atoms with Crippen LogP contribution in [-0.2, 0) is 18.3 Å². The Kier molecular flexibility index (Phi) is 4.28. The number of aliphatic hydroxyl groups is 1. The van der Waals surface area contributed by atoms with E-state index in [2.05, 4.69) is 5.10 Å². The van der Waals surface area contributed by atoms with Gasteiger partial charge in [0.25, 0.3) is 0 Å². The summed E-state index contributed by atoms with van der Waals surface area (Å²) in [6, 6.07) is 0. The van der Waals surface area contributed by atoms with Crippen molar-refractivity contribution in [1.82, 2.24) is 14.7 Å². The van der Waals surface area contributed by atoms with Crippen molar-refractivity contribution in [3.63, 3.8) is 0 Å². The van der Waals surface area contributed by atoms with Crippen LogP contribution in [0.15, 0.2) is 0 Å². The zero-order valence-corrected chi connectivity index (χ0v) is 11.2. The number of carbonyl (C=O) groups is 1. The van der Waals surface area contributed by atoms with Crippen LogP contribution in [0.5, 0.6) is 0 Å². The smallest absolute Gasteiger partial charge is 0.226 e. The number of likely N-dealkylation sites (N-methyl/N-ethyl adjacent to an activating group) is 1. The highest BCUT2D eigenvalue weighted by Gasteiger charge is 2.16. The van der Waals surface area contributed by atoms with Crippen LogP contribution < -0.4 is 0 Å². The molecule has 1 heterocycles. The van der Waals surface area contributed by atoms with Gasteiger partial charge in [-0.15, -0.1) is 0 Å². The van der Waals surface area contributed by atoms with Crippen LogP contribution in [0.2, 0.25) is 0 Å². The van der Waals surface area contributed by atoms with Crippen LogP contribution in [0, 0.1) is 13.8 Å². The predicted octanol–water partition coefficient (Wildman–Crippen LogP) is 0.419. The fraction of sp³-hybridized carbons (Fsp3) is 0.667. The van der Waals surface area contributed by atoms with Gasteiger partial charge >= 0.3 is 0 Å². The lowest BCUT2D eigenvalue weighted by molar-refractivity contribution is -0.130. The molecule has 5 nitrogen and oxygen atoms in total. The summed E-state index contributed by atoms with van der Waals surface area (Å²) in [5.74, 6) is 0.00472. The van der Waals surface area contributed by atoms with Crippen molar-refractivity contribution in [2.75, 3.05) is 13.6 Å². The van der Waals surface area contributed by atoms with Gasteiger partial charge in [-0.05, 0) is 20.8 Å². The maximum Gasteiger partial charge on any atom is 0.226 e. The lowest BCUT2D eigenvalue weighted by Gasteiger charge is -2.18. The number of aryl methyl sites for hydroxylation is 2. The summed E-state index contributed by atoms with van der Waals surface area (Å²) < 4.78 is 1.78. The topological polar surface area (TPSA) is 58.4 Å². The molecule has 0 saturated heterocycles. The number of rotatable bonds is 4. The summed E-state index contributed by atoms with van der Waals surface area (Å²) in [7, 11) is 3.58. The summed E-state index contributed by atoms with van der Waals surface area (Å²) in [6.07, 6.45) is -0.158. The van der Waals surface area contributed by atoms with E-state index in [-0.39, 0.29) is 5.91 Å². The highest BCUT2D eigenvalue weighted by Crippen LogP contribution is 2.13.